The maximum absolute atomic E-state index is 12.7. The Hall–Kier alpha value is -1.89. The maximum Gasteiger partial charge on any atom is 0.317 e. The lowest BCUT2D eigenvalue weighted by Gasteiger charge is -1.95. The number of hydrogen-bond donors (Lipinski definition) is 0. The Labute approximate surface area is 87.3 Å². The van der Waals surface area contributed by atoms with Gasteiger partial charge in [-0.05, 0) is 24.5 Å². The van der Waals surface area contributed by atoms with Crippen LogP contribution >= 0.6 is 0 Å². The number of nitrogens with zero attached hydrogens (tertiary/aromatic N) is 1. The van der Waals surface area contributed by atoms with E-state index in [0.29, 0.717) is 11.3 Å². The van der Waals surface area contributed by atoms with Crippen LogP contribution in [0.4, 0.5) is 4.39 Å². The van der Waals surface area contributed by atoms with E-state index in [1.165, 1.54) is 13.2 Å². The zero-order chi connectivity index (χ0) is 11.3. The lowest BCUT2D eigenvalue weighted by Crippen LogP contribution is -1.97. The molecule has 0 fully saturated rings. The molecule has 0 aliphatic heterocycles. The van der Waals surface area contributed by atoms with Crippen molar-refractivity contribution in [2.24, 2.45) is 0 Å². The SMILES string of the molecule is COC(=O)CC#Cc1ncc(F)cc1C. The third-order valence-corrected chi connectivity index (χ3v) is 1.71. The summed E-state index contributed by atoms with van der Waals surface area (Å²) in [4.78, 5) is 14.5. The molecule has 1 aromatic rings. The molecule has 0 aliphatic rings. The number of rotatable bonds is 1. The quantitative estimate of drug-likeness (QED) is 0.516. The molecule has 0 saturated heterocycles. The van der Waals surface area contributed by atoms with Gasteiger partial charge in [-0.3, -0.25) is 4.79 Å². The van der Waals surface area contributed by atoms with Crippen molar-refractivity contribution in [1.82, 2.24) is 4.98 Å². The number of aryl methyl sites for hydroxylation is 1. The van der Waals surface area contributed by atoms with Gasteiger partial charge in [-0.15, -0.1) is 0 Å². The van der Waals surface area contributed by atoms with E-state index in [0.717, 1.165) is 6.20 Å². The number of methoxy groups -OCH3 is 1. The van der Waals surface area contributed by atoms with Gasteiger partial charge in [0.15, 0.2) is 0 Å². The fourth-order valence-corrected chi connectivity index (χ4v) is 0.944. The first-order chi connectivity index (χ1) is 7.13. The maximum atomic E-state index is 12.7. The van der Waals surface area contributed by atoms with Crippen molar-refractivity contribution < 1.29 is 13.9 Å². The predicted molar refractivity (Wildman–Crippen MR) is 52.4 cm³/mol. The van der Waals surface area contributed by atoms with Gasteiger partial charge >= 0.3 is 5.97 Å². The summed E-state index contributed by atoms with van der Waals surface area (Å²) in [6.45, 7) is 1.71. The highest BCUT2D eigenvalue weighted by atomic mass is 19.1. The van der Waals surface area contributed by atoms with E-state index in [-0.39, 0.29) is 6.42 Å². The van der Waals surface area contributed by atoms with Crippen LogP contribution in [0.1, 0.15) is 17.7 Å². The number of pyridine rings is 1. The van der Waals surface area contributed by atoms with E-state index in [1.807, 2.05) is 0 Å². The molecule has 0 aliphatic carbocycles. The van der Waals surface area contributed by atoms with Crippen LogP contribution in [-0.4, -0.2) is 18.1 Å². The van der Waals surface area contributed by atoms with Crippen molar-refractivity contribution in [2.45, 2.75) is 13.3 Å². The Morgan fingerprint density at radius 1 is 1.67 bits per heavy atom. The second-order valence-electron chi connectivity index (χ2n) is 2.87. The molecule has 0 amide bonds. The topological polar surface area (TPSA) is 39.2 Å². The molecule has 78 valence electrons. The molecule has 0 spiro atoms. The summed E-state index contributed by atoms with van der Waals surface area (Å²) < 4.78 is 17.1. The van der Waals surface area contributed by atoms with Gasteiger partial charge in [0, 0.05) is 0 Å². The van der Waals surface area contributed by atoms with Crippen molar-refractivity contribution in [3.8, 4) is 11.8 Å². The van der Waals surface area contributed by atoms with Crippen LogP contribution < -0.4 is 0 Å². The van der Waals surface area contributed by atoms with E-state index < -0.39 is 11.8 Å². The highest BCUT2D eigenvalue weighted by Crippen LogP contribution is 2.04. The Morgan fingerprint density at radius 3 is 3.00 bits per heavy atom. The van der Waals surface area contributed by atoms with Crippen LogP contribution in [0.2, 0.25) is 0 Å². The van der Waals surface area contributed by atoms with Gasteiger partial charge in [0.25, 0.3) is 0 Å². The summed E-state index contributed by atoms with van der Waals surface area (Å²) in [5.41, 5.74) is 1.12. The molecule has 0 N–H and O–H groups in total. The number of carbonyl (C=O) groups is 1. The number of carbonyl (C=O) groups excluding carboxylic acids is 1. The largest absolute Gasteiger partial charge is 0.468 e. The first-order valence-corrected chi connectivity index (χ1v) is 4.31. The van der Waals surface area contributed by atoms with E-state index in [2.05, 4.69) is 21.6 Å². The molecule has 0 saturated carbocycles. The molecule has 3 nitrogen and oxygen atoms in total. The average molecular weight is 207 g/mol. The van der Waals surface area contributed by atoms with Crippen molar-refractivity contribution in [3.05, 3.63) is 29.3 Å². The van der Waals surface area contributed by atoms with E-state index in [9.17, 15) is 9.18 Å². The minimum absolute atomic E-state index is 0.00893. The van der Waals surface area contributed by atoms with Gasteiger partial charge in [-0.1, -0.05) is 5.92 Å². The van der Waals surface area contributed by atoms with Crippen LogP contribution in [0, 0.1) is 24.6 Å². The number of ether oxygens (including phenoxy) is 1. The molecule has 15 heavy (non-hydrogen) atoms. The summed E-state index contributed by atoms with van der Waals surface area (Å²) in [6.07, 6.45) is 1.10. The standard InChI is InChI=1S/C11H10FNO2/c1-8-6-9(12)7-13-10(8)4-3-5-11(14)15-2/h6-7H,5H2,1-2H3. The predicted octanol–water partition coefficient (Wildman–Crippen LogP) is 1.44. The average Bonchev–Trinajstić information content (AvgIpc) is 2.21. The van der Waals surface area contributed by atoms with Gasteiger partial charge in [0.1, 0.15) is 17.9 Å². The Morgan fingerprint density at radius 2 is 2.40 bits per heavy atom. The van der Waals surface area contributed by atoms with Crippen LogP contribution in [0.25, 0.3) is 0 Å². The van der Waals surface area contributed by atoms with Gasteiger partial charge in [-0.2, -0.15) is 0 Å². The lowest BCUT2D eigenvalue weighted by atomic mass is 10.2. The number of esters is 1. The Kier molecular flexibility index (Phi) is 3.81. The second kappa shape index (κ2) is 5.11. The third-order valence-electron chi connectivity index (χ3n) is 1.71. The molecule has 1 rings (SSSR count). The molecule has 1 heterocycles. The van der Waals surface area contributed by atoms with Crippen LogP contribution in [0.3, 0.4) is 0 Å². The van der Waals surface area contributed by atoms with Crippen molar-refractivity contribution in [2.75, 3.05) is 7.11 Å². The molecule has 0 unspecified atom stereocenters. The van der Waals surface area contributed by atoms with Crippen LogP contribution in [0.15, 0.2) is 12.3 Å². The highest BCUT2D eigenvalue weighted by molar-refractivity contribution is 5.72. The summed E-state index contributed by atoms with van der Waals surface area (Å²) >= 11 is 0. The number of aromatic nitrogens is 1. The Bertz CT molecular complexity index is 432. The second-order valence-corrected chi connectivity index (χ2v) is 2.87. The summed E-state index contributed by atoms with van der Waals surface area (Å²) in [7, 11) is 1.30. The first kappa shape index (κ1) is 11.2. The van der Waals surface area contributed by atoms with Crippen LogP contribution in [0.5, 0.6) is 0 Å². The normalized spacial score (nSPS) is 9.00. The summed E-state index contributed by atoms with van der Waals surface area (Å²) in [5, 5.41) is 0. The fraction of sp³-hybridized carbons (Fsp3) is 0.273. The summed E-state index contributed by atoms with van der Waals surface area (Å²) in [6, 6.07) is 1.34. The molecular formula is C11H10FNO2. The van der Waals surface area contributed by atoms with Gasteiger partial charge in [0.05, 0.1) is 13.3 Å². The fourth-order valence-electron chi connectivity index (χ4n) is 0.944. The molecule has 1 aromatic heterocycles. The molecule has 0 bridgehead atoms. The molecule has 4 heteroatoms. The molecule has 0 radical (unpaired) electrons. The first-order valence-electron chi connectivity index (χ1n) is 4.31. The van der Waals surface area contributed by atoms with E-state index in [4.69, 9.17) is 0 Å². The minimum Gasteiger partial charge on any atom is -0.468 e. The van der Waals surface area contributed by atoms with Crippen LogP contribution in [-0.2, 0) is 9.53 Å². The molecule has 0 aromatic carbocycles. The highest BCUT2D eigenvalue weighted by Gasteiger charge is 1.98. The molecule has 0 atom stereocenters. The summed E-state index contributed by atoms with van der Waals surface area (Å²) in [5.74, 6) is 4.48. The number of halogens is 1. The number of hydrogen-bond acceptors (Lipinski definition) is 3. The van der Waals surface area contributed by atoms with Gasteiger partial charge in [0.2, 0.25) is 0 Å². The van der Waals surface area contributed by atoms with Crippen molar-refractivity contribution >= 4 is 5.97 Å². The van der Waals surface area contributed by atoms with Gasteiger partial charge < -0.3 is 4.74 Å². The smallest absolute Gasteiger partial charge is 0.317 e. The minimum atomic E-state index is -0.401. The molecular weight excluding hydrogens is 197 g/mol. The van der Waals surface area contributed by atoms with Crippen molar-refractivity contribution in [3.63, 3.8) is 0 Å². The zero-order valence-electron chi connectivity index (χ0n) is 8.50. The lowest BCUT2D eigenvalue weighted by molar-refractivity contribution is -0.139. The Balaban J connectivity index is 2.76. The van der Waals surface area contributed by atoms with Gasteiger partial charge in [-0.25, -0.2) is 9.37 Å². The van der Waals surface area contributed by atoms with E-state index in [1.54, 1.807) is 6.92 Å². The monoisotopic (exact) mass is 207 g/mol. The van der Waals surface area contributed by atoms with E-state index >= 15 is 0 Å². The zero-order valence-corrected chi connectivity index (χ0v) is 8.50. The van der Waals surface area contributed by atoms with Crippen molar-refractivity contribution in [1.29, 1.82) is 0 Å². The third kappa shape index (κ3) is 3.39.